The Bertz CT molecular complexity index is 1210. The Morgan fingerprint density at radius 3 is 2.73 bits per heavy atom. The highest BCUT2D eigenvalue weighted by molar-refractivity contribution is 5.60. The van der Waals surface area contributed by atoms with Gasteiger partial charge in [0.1, 0.15) is 5.69 Å². The number of aromatic amines is 1. The fourth-order valence-corrected chi connectivity index (χ4v) is 4.41. The van der Waals surface area contributed by atoms with Gasteiger partial charge in [0.15, 0.2) is 5.82 Å². The molecule has 4 aromatic rings. The second-order valence-electron chi connectivity index (χ2n) is 8.39. The minimum Gasteiger partial charge on any atom is -0.343 e. The third-order valence-electron chi connectivity index (χ3n) is 5.92. The molecule has 1 saturated carbocycles. The molecule has 0 aromatic carbocycles. The number of aromatic nitrogens is 8. The molecule has 156 valence electrons. The average molecular weight is 406 g/mol. The van der Waals surface area contributed by atoms with Crippen LogP contribution in [0.15, 0.2) is 35.9 Å². The fourth-order valence-electron chi connectivity index (χ4n) is 4.41. The summed E-state index contributed by atoms with van der Waals surface area (Å²) in [6.07, 6.45) is 15.2. The molecular weight excluding hydrogens is 380 g/mol. The lowest BCUT2D eigenvalue weighted by Crippen LogP contribution is -2.27. The Kier molecular flexibility index (Phi) is 4.72. The van der Waals surface area contributed by atoms with E-state index in [0.717, 1.165) is 17.8 Å². The van der Waals surface area contributed by atoms with Gasteiger partial charge >= 0.3 is 0 Å². The zero-order valence-corrected chi connectivity index (χ0v) is 17.3. The van der Waals surface area contributed by atoms with E-state index in [4.69, 9.17) is 5.10 Å². The van der Waals surface area contributed by atoms with Gasteiger partial charge in [-0.15, -0.1) is 5.10 Å². The van der Waals surface area contributed by atoms with Crippen molar-refractivity contribution in [3.05, 3.63) is 41.5 Å². The Morgan fingerprint density at radius 1 is 1.17 bits per heavy atom. The molecule has 5 rings (SSSR count). The van der Waals surface area contributed by atoms with Crippen molar-refractivity contribution in [2.45, 2.75) is 58.5 Å². The van der Waals surface area contributed by atoms with Crippen molar-refractivity contribution >= 4 is 5.65 Å². The number of nitrogens with one attached hydrogen (secondary N) is 1. The van der Waals surface area contributed by atoms with Crippen LogP contribution in [0, 0.1) is 5.92 Å². The molecule has 0 atom stereocenters. The van der Waals surface area contributed by atoms with Crippen LogP contribution in [0.2, 0.25) is 0 Å². The minimum atomic E-state index is -0.166. The summed E-state index contributed by atoms with van der Waals surface area (Å²) in [7, 11) is 0. The SMILES string of the molecule is CC(C)n1c(-c2cnn(CC3CCCCC3)c2)nn2c(-c3cnc[nH]3)cnc2c1=O. The molecule has 0 radical (unpaired) electrons. The lowest BCUT2D eigenvalue weighted by atomic mass is 9.89. The van der Waals surface area contributed by atoms with E-state index in [1.54, 1.807) is 27.8 Å². The highest BCUT2D eigenvalue weighted by Crippen LogP contribution is 2.26. The lowest BCUT2D eigenvalue weighted by molar-refractivity contribution is 0.308. The van der Waals surface area contributed by atoms with Gasteiger partial charge in [-0.05, 0) is 32.6 Å². The molecule has 1 aliphatic carbocycles. The van der Waals surface area contributed by atoms with E-state index >= 15 is 0 Å². The molecule has 0 spiro atoms. The van der Waals surface area contributed by atoms with Crippen LogP contribution in [0.1, 0.15) is 52.0 Å². The zero-order valence-electron chi connectivity index (χ0n) is 17.3. The van der Waals surface area contributed by atoms with E-state index in [-0.39, 0.29) is 11.6 Å². The molecule has 1 N–H and O–H groups in total. The van der Waals surface area contributed by atoms with Gasteiger partial charge < -0.3 is 4.98 Å². The van der Waals surface area contributed by atoms with Gasteiger partial charge in [-0.2, -0.15) is 5.10 Å². The number of imidazole rings is 2. The van der Waals surface area contributed by atoms with Crippen molar-refractivity contribution in [1.82, 2.24) is 38.9 Å². The van der Waals surface area contributed by atoms with Gasteiger partial charge in [0.25, 0.3) is 5.56 Å². The van der Waals surface area contributed by atoms with E-state index in [1.165, 1.54) is 32.1 Å². The summed E-state index contributed by atoms with van der Waals surface area (Å²) < 4.78 is 5.29. The lowest BCUT2D eigenvalue weighted by Gasteiger charge is -2.21. The minimum absolute atomic E-state index is 0.0565. The molecule has 0 unspecified atom stereocenters. The first-order valence-corrected chi connectivity index (χ1v) is 10.6. The first-order valence-electron chi connectivity index (χ1n) is 10.6. The van der Waals surface area contributed by atoms with Crippen molar-refractivity contribution in [3.63, 3.8) is 0 Å². The molecule has 4 aromatic heterocycles. The monoisotopic (exact) mass is 406 g/mol. The maximum atomic E-state index is 13.3. The quantitative estimate of drug-likeness (QED) is 0.548. The predicted molar refractivity (Wildman–Crippen MR) is 113 cm³/mol. The van der Waals surface area contributed by atoms with E-state index in [1.807, 2.05) is 30.9 Å². The maximum Gasteiger partial charge on any atom is 0.297 e. The van der Waals surface area contributed by atoms with Crippen molar-refractivity contribution in [1.29, 1.82) is 0 Å². The second-order valence-corrected chi connectivity index (χ2v) is 8.39. The van der Waals surface area contributed by atoms with Crippen LogP contribution in [-0.4, -0.2) is 38.9 Å². The summed E-state index contributed by atoms with van der Waals surface area (Å²) >= 11 is 0. The Balaban J connectivity index is 1.60. The van der Waals surface area contributed by atoms with Crippen LogP contribution < -0.4 is 5.56 Å². The zero-order chi connectivity index (χ0) is 20.7. The normalized spacial score (nSPS) is 15.4. The molecule has 0 bridgehead atoms. The molecule has 30 heavy (non-hydrogen) atoms. The maximum absolute atomic E-state index is 13.3. The second kappa shape index (κ2) is 7.55. The van der Waals surface area contributed by atoms with E-state index < -0.39 is 0 Å². The number of fused-ring (bicyclic) bond motifs is 1. The summed E-state index contributed by atoms with van der Waals surface area (Å²) in [5, 5.41) is 9.40. The largest absolute Gasteiger partial charge is 0.343 e. The standard InChI is InChI=1S/C21H26N8O/c1-14(2)28-19(16-8-25-27(12-16)11-15-6-4-3-5-7-15)26-29-18(17-9-22-13-24-17)10-23-20(29)21(28)30/h8-10,12-15H,3-7,11H2,1-2H3,(H,22,24). The van der Waals surface area contributed by atoms with Gasteiger partial charge in [-0.25, -0.2) is 14.5 Å². The Hall–Kier alpha value is -3.23. The highest BCUT2D eigenvalue weighted by Gasteiger charge is 2.21. The van der Waals surface area contributed by atoms with Crippen molar-refractivity contribution < 1.29 is 0 Å². The number of H-pyrrole nitrogens is 1. The molecule has 4 heterocycles. The number of hydrogen-bond acceptors (Lipinski definition) is 5. The van der Waals surface area contributed by atoms with Gasteiger partial charge in [0, 0.05) is 18.8 Å². The van der Waals surface area contributed by atoms with Crippen LogP contribution in [0.3, 0.4) is 0 Å². The highest BCUT2D eigenvalue weighted by atomic mass is 16.1. The smallest absolute Gasteiger partial charge is 0.297 e. The molecule has 1 fully saturated rings. The van der Waals surface area contributed by atoms with Gasteiger partial charge in [0.2, 0.25) is 5.65 Å². The summed E-state index contributed by atoms with van der Waals surface area (Å²) in [6.45, 7) is 4.88. The van der Waals surface area contributed by atoms with Crippen LogP contribution >= 0.6 is 0 Å². The molecule has 0 amide bonds. The van der Waals surface area contributed by atoms with Gasteiger partial charge in [0.05, 0.1) is 36.2 Å². The molecule has 9 nitrogen and oxygen atoms in total. The van der Waals surface area contributed by atoms with Crippen LogP contribution in [0.25, 0.3) is 28.4 Å². The first kappa shape index (κ1) is 18.8. The summed E-state index contributed by atoms with van der Waals surface area (Å²) in [5.74, 6) is 1.27. The fraction of sp³-hybridized carbons (Fsp3) is 0.476. The Labute approximate surface area is 173 Å². The third kappa shape index (κ3) is 3.24. The summed E-state index contributed by atoms with van der Waals surface area (Å²) in [4.78, 5) is 24.7. The molecule has 1 aliphatic rings. The van der Waals surface area contributed by atoms with Crippen molar-refractivity contribution in [2.75, 3.05) is 0 Å². The topological polar surface area (TPSA) is 98.7 Å². The van der Waals surface area contributed by atoms with E-state index in [0.29, 0.717) is 23.1 Å². The van der Waals surface area contributed by atoms with E-state index in [9.17, 15) is 4.79 Å². The van der Waals surface area contributed by atoms with Crippen LogP contribution in [0.5, 0.6) is 0 Å². The van der Waals surface area contributed by atoms with Gasteiger partial charge in [-0.3, -0.25) is 14.0 Å². The molecular formula is C21H26N8O. The van der Waals surface area contributed by atoms with Crippen molar-refractivity contribution in [2.24, 2.45) is 5.92 Å². The Morgan fingerprint density at radius 2 is 2.00 bits per heavy atom. The molecule has 0 saturated heterocycles. The predicted octanol–water partition coefficient (Wildman–Crippen LogP) is 3.31. The number of rotatable bonds is 5. The average Bonchev–Trinajstić information content (AvgIpc) is 3.48. The number of nitrogens with zero attached hydrogens (tertiary/aromatic N) is 7. The van der Waals surface area contributed by atoms with Crippen LogP contribution in [0.4, 0.5) is 0 Å². The molecule has 0 aliphatic heterocycles. The first-order chi connectivity index (χ1) is 14.6. The van der Waals surface area contributed by atoms with E-state index in [2.05, 4.69) is 20.1 Å². The van der Waals surface area contributed by atoms with Crippen molar-refractivity contribution in [3.8, 4) is 22.8 Å². The summed E-state index contributed by atoms with van der Waals surface area (Å²) in [5.41, 5.74) is 2.43. The number of hydrogen-bond donors (Lipinski definition) is 1. The summed E-state index contributed by atoms with van der Waals surface area (Å²) in [6, 6.07) is -0.0565. The van der Waals surface area contributed by atoms with Crippen LogP contribution in [-0.2, 0) is 6.54 Å². The van der Waals surface area contributed by atoms with Gasteiger partial charge in [-0.1, -0.05) is 19.3 Å². The molecule has 9 heteroatoms. The third-order valence-corrected chi connectivity index (χ3v) is 5.92.